The lowest BCUT2D eigenvalue weighted by Crippen LogP contribution is -2.43. The smallest absolute Gasteiger partial charge is 0.294 e. The van der Waals surface area contributed by atoms with Gasteiger partial charge in [-0.2, -0.15) is 0 Å². The molecule has 0 aliphatic rings. The number of primary amides is 2. The second kappa shape index (κ2) is 5.05. The van der Waals surface area contributed by atoms with Crippen molar-refractivity contribution in [2.45, 2.75) is 6.92 Å². The zero-order valence-corrected chi connectivity index (χ0v) is 9.14. The Labute approximate surface area is 96.2 Å². The minimum Gasteiger partial charge on any atom is -0.368 e. The first-order valence-electron chi connectivity index (χ1n) is 4.65. The summed E-state index contributed by atoms with van der Waals surface area (Å²) >= 11 is 0. The molecule has 92 valence electrons. The van der Waals surface area contributed by atoms with Gasteiger partial charge < -0.3 is 16.4 Å². The summed E-state index contributed by atoms with van der Waals surface area (Å²) < 4.78 is 0. The first-order chi connectivity index (χ1) is 7.90. The lowest BCUT2D eigenvalue weighted by molar-refractivity contribution is -0.121. The second-order valence-electron chi connectivity index (χ2n) is 3.34. The van der Waals surface area contributed by atoms with E-state index in [-0.39, 0.29) is 5.82 Å². The molecule has 3 amide bonds. The molecule has 0 fully saturated rings. The Morgan fingerprint density at radius 3 is 2.12 bits per heavy atom. The number of aromatic amines is 1. The summed E-state index contributed by atoms with van der Waals surface area (Å²) in [4.78, 5) is 38.0. The van der Waals surface area contributed by atoms with E-state index in [1.807, 2.05) is 0 Å². The van der Waals surface area contributed by atoms with Crippen LogP contribution in [0.25, 0.3) is 0 Å². The first-order valence-corrected chi connectivity index (χ1v) is 4.65. The van der Waals surface area contributed by atoms with Crippen LogP contribution in [-0.4, -0.2) is 50.9 Å². The van der Waals surface area contributed by atoms with Crippen molar-refractivity contribution in [1.82, 2.24) is 20.1 Å². The lowest BCUT2D eigenvalue weighted by Gasteiger charge is -2.17. The van der Waals surface area contributed by atoms with Crippen molar-refractivity contribution in [3.63, 3.8) is 0 Å². The van der Waals surface area contributed by atoms with Gasteiger partial charge in [-0.25, -0.2) is 4.98 Å². The Morgan fingerprint density at radius 1 is 1.24 bits per heavy atom. The number of aromatic nitrogens is 3. The van der Waals surface area contributed by atoms with Gasteiger partial charge in [0.25, 0.3) is 5.91 Å². The molecule has 9 nitrogen and oxygen atoms in total. The Bertz CT molecular complexity index is 438. The zero-order valence-electron chi connectivity index (χ0n) is 9.14. The molecule has 1 aromatic rings. The Hall–Kier alpha value is -2.45. The predicted octanol–water partition coefficient (Wildman–Crippen LogP) is -2.47. The number of carbonyl (C=O) groups excluding carboxylic acids is 3. The van der Waals surface area contributed by atoms with E-state index in [9.17, 15) is 14.4 Å². The number of hydrogen-bond donors (Lipinski definition) is 3. The normalized spacial score (nSPS) is 9.94. The van der Waals surface area contributed by atoms with E-state index in [1.54, 1.807) is 6.92 Å². The number of rotatable bonds is 5. The molecule has 1 rings (SSSR count). The highest BCUT2D eigenvalue weighted by atomic mass is 16.2. The number of nitrogens with zero attached hydrogens (tertiary/aromatic N) is 3. The van der Waals surface area contributed by atoms with Crippen LogP contribution in [0.4, 0.5) is 0 Å². The number of nitrogens with two attached hydrogens (primary N) is 2. The number of H-pyrrole nitrogens is 1. The van der Waals surface area contributed by atoms with E-state index in [0.29, 0.717) is 5.82 Å². The van der Waals surface area contributed by atoms with Gasteiger partial charge in [0.2, 0.25) is 17.6 Å². The molecule has 1 heterocycles. The van der Waals surface area contributed by atoms with Gasteiger partial charge in [0, 0.05) is 0 Å². The maximum atomic E-state index is 11.8. The monoisotopic (exact) mass is 240 g/mol. The summed E-state index contributed by atoms with van der Waals surface area (Å²) in [6.45, 7) is 0.765. The molecule has 0 radical (unpaired) electrons. The van der Waals surface area contributed by atoms with Gasteiger partial charge in [0.05, 0.1) is 0 Å². The van der Waals surface area contributed by atoms with Crippen LogP contribution in [0.1, 0.15) is 16.4 Å². The molecule has 0 bridgehead atoms. The molecule has 17 heavy (non-hydrogen) atoms. The molecule has 5 N–H and O–H groups in total. The Kier molecular flexibility index (Phi) is 3.75. The summed E-state index contributed by atoms with van der Waals surface area (Å²) in [5, 5.41) is 6.09. The highest BCUT2D eigenvalue weighted by Gasteiger charge is 2.22. The first kappa shape index (κ1) is 12.6. The van der Waals surface area contributed by atoms with Crippen LogP contribution in [0.5, 0.6) is 0 Å². The predicted molar refractivity (Wildman–Crippen MR) is 55.4 cm³/mol. The zero-order chi connectivity index (χ0) is 13.0. The summed E-state index contributed by atoms with van der Waals surface area (Å²) in [5.41, 5.74) is 9.91. The van der Waals surface area contributed by atoms with Crippen LogP contribution >= 0.6 is 0 Å². The molecule has 0 spiro atoms. The van der Waals surface area contributed by atoms with Crippen molar-refractivity contribution in [1.29, 1.82) is 0 Å². The van der Waals surface area contributed by atoms with Crippen LogP contribution in [0.15, 0.2) is 0 Å². The van der Waals surface area contributed by atoms with Crippen LogP contribution in [0.2, 0.25) is 0 Å². The van der Waals surface area contributed by atoms with E-state index in [1.165, 1.54) is 0 Å². The fraction of sp³-hybridized carbons (Fsp3) is 0.375. The Morgan fingerprint density at radius 2 is 1.76 bits per heavy atom. The molecule has 0 unspecified atom stereocenters. The fourth-order valence-electron chi connectivity index (χ4n) is 1.16. The number of carbonyl (C=O) groups is 3. The molecule has 1 aromatic heterocycles. The van der Waals surface area contributed by atoms with Crippen molar-refractivity contribution in [3.05, 3.63) is 11.6 Å². The highest BCUT2D eigenvalue weighted by molar-refractivity contribution is 5.95. The second-order valence-corrected chi connectivity index (χ2v) is 3.34. The molecule has 0 atom stereocenters. The largest absolute Gasteiger partial charge is 0.368 e. The van der Waals surface area contributed by atoms with E-state index < -0.39 is 30.8 Å². The van der Waals surface area contributed by atoms with Crippen LogP contribution in [0, 0.1) is 6.92 Å². The van der Waals surface area contributed by atoms with E-state index in [4.69, 9.17) is 11.5 Å². The van der Waals surface area contributed by atoms with Crippen molar-refractivity contribution in [2.75, 3.05) is 13.1 Å². The summed E-state index contributed by atoms with van der Waals surface area (Å²) in [6.07, 6.45) is 0. The minimum absolute atomic E-state index is 0.148. The number of amides is 3. The SMILES string of the molecule is Cc1nc(C(=O)N(CC(N)=O)CC(N)=O)n[nH]1. The summed E-state index contributed by atoms with van der Waals surface area (Å²) in [7, 11) is 0. The molecular weight excluding hydrogens is 228 g/mol. The molecule has 0 aromatic carbocycles. The van der Waals surface area contributed by atoms with Crippen LogP contribution in [-0.2, 0) is 9.59 Å². The average molecular weight is 240 g/mol. The molecule has 0 saturated carbocycles. The van der Waals surface area contributed by atoms with Gasteiger partial charge in [-0.3, -0.25) is 19.5 Å². The topological polar surface area (TPSA) is 148 Å². The van der Waals surface area contributed by atoms with Gasteiger partial charge >= 0.3 is 0 Å². The van der Waals surface area contributed by atoms with Crippen molar-refractivity contribution < 1.29 is 14.4 Å². The Balaban J connectivity index is 2.85. The average Bonchev–Trinajstić information content (AvgIpc) is 2.61. The molecular formula is C8H12N6O3. The number of nitrogens with one attached hydrogen (secondary N) is 1. The summed E-state index contributed by atoms with van der Waals surface area (Å²) in [6, 6.07) is 0. The van der Waals surface area contributed by atoms with Gasteiger partial charge in [0.15, 0.2) is 0 Å². The van der Waals surface area contributed by atoms with Crippen LogP contribution < -0.4 is 11.5 Å². The van der Waals surface area contributed by atoms with Crippen molar-refractivity contribution >= 4 is 17.7 Å². The number of aryl methyl sites for hydroxylation is 1. The van der Waals surface area contributed by atoms with Crippen molar-refractivity contribution in [2.24, 2.45) is 11.5 Å². The maximum absolute atomic E-state index is 11.8. The van der Waals surface area contributed by atoms with Gasteiger partial charge in [-0.1, -0.05) is 0 Å². The lowest BCUT2D eigenvalue weighted by atomic mass is 10.4. The third-order valence-corrected chi connectivity index (χ3v) is 1.77. The quantitative estimate of drug-likeness (QED) is 0.521. The van der Waals surface area contributed by atoms with Crippen LogP contribution in [0.3, 0.4) is 0 Å². The third kappa shape index (κ3) is 3.55. The minimum atomic E-state index is -0.758. The fourth-order valence-corrected chi connectivity index (χ4v) is 1.16. The number of hydrogen-bond acceptors (Lipinski definition) is 5. The standard InChI is InChI=1S/C8H12N6O3/c1-4-11-7(13-12-4)8(17)14(2-5(9)15)3-6(10)16/h2-3H2,1H3,(H2,9,15)(H2,10,16)(H,11,12,13). The van der Waals surface area contributed by atoms with E-state index >= 15 is 0 Å². The van der Waals surface area contributed by atoms with E-state index in [2.05, 4.69) is 15.2 Å². The third-order valence-electron chi connectivity index (χ3n) is 1.77. The van der Waals surface area contributed by atoms with E-state index in [0.717, 1.165) is 4.90 Å². The van der Waals surface area contributed by atoms with Gasteiger partial charge in [-0.05, 0) is 6.92 Å². The maximum Gasteiger partial charge on any atom is 0.294 e. The molecule has 9 heteroatoms. The van der Waals surface area contributed by atoms with Gasteiger partial charge in [0.1, 0.15) is 18.9 Å². The molecule has 0 aliphatic heterocycles. The molecule has 0 aliphatic carbocycles. The molecule has 0 saturated heterocycles. The van der Waals surface area contributed by atoms with Crippen molar-refractivity contribution in [3.8, 4) is 0 Å². The van der Waals surface area contributed by atoms with Gasteiger partial charge in [-0.15, -0.1) is 5.10 Å². The summed E-state index contributed by atoms with van der Waals surface area (Å²) in [5.74, 6) is -1.91. The highest BCUT2D eigenvalue weighted by Crippen LogP contribution is 1.99.